The van der Waals surface area contributed by atoms with Crippen LogP contribution >= 0.6 is 0 Å². The van der Waals surface area contributed by atoms with E-state index in [0.717, 1.165) is 24.9 Å². The van der Waals surface area contributed by atoms with Gasteiger partial charge in [-0.25, -0.2) is 0 Å². The van der Waals surface area contributed by atoms with E-state index in [2.05, 4.69) is 15.2 Å². The van der Waals surface area contributed by atoms with Gasteiger partial charge in [0.1, 0.15) is 0 Å². The third-order valence-electron chi connectivity index (χ3n) is 4.05. The molecule has 1 atom stereocenters. The number of hydrogen-bond donors (Lipinski definition) is 0. The van der Waals surface area contributed by atoms with Gasteiger partial charge in [-0.05, 0) is 25.0 Å². The second kappa shape index (κ2) is 6.10. The summed E-state index contributed by atoms with van der Waals surface area (Å²) in [6, 6.07) is 3.73. The molecule has 0 aromatic carbocycles. The minimum Gasteiger partial charge on any atom is -0.420 e. The van der Waals surface area contributed by atoms with Gasteiger partial charge >= 0.3 is 0 Å². The summed E-state index contributed by atoms with van der Waals surface area (Å²) < 4.78 is 5.82. The molecular weight excluding hydrogens is 292 g/mol. The van der Waals surface area contributed by atoms with E-state index in [1.807, 2.05) is 37.8 Å². The smallest absolute Gasteiger partial charge is 0.249 e. The Kier molecular flexibility index (Phi) is 4.15. The summed E-state index contributed by atoms with van der Waals surface area (Å²) >= 11 is 0. The number of piperidine rings is 1. The van der Waals surface area contributed by atoms with E-state index in [0.29, 0.717) is 18.3 Å². The number of likely N-dealkylation sites (tertiary alicyclic amines) is 1. The maximum absolute atomic E-state index is 12.5. The standard InChI is InChI=1S/C17H22N4O2/c1-17(2,3)16(22)21-9-5-7-13(11-21)15-20-19-14(23-15)12-6-4-8-18-10-12/h4,6,8,10,13H,5,7,9,11H2,1-3H3/t13-/m0/s1. The molecule has 23 heavy (non-hydrogen) atoms. The molecule has 6 heteroatoms. The van der Waals surface area contributed by atoms with Crippen molar-refractivity contribution in [2.75, 3.05) is 13.1 Å². The van der Waals surface area contributed by atoms with Crippen molar-refractivity contribution in [3.05, 3.63) is 30.4 Å². The fraction of sp³-hybridized carbons (Fsp3) is 0.529. The van der Waals surface area contributed by atoms with Crippen LogP contribution < -0.4 is 0 Å². The first-order valence-electron chi connectivity index (χ1n) is 7.98. The highest BCUT2D eigenvalue weighted by Gasteiger charge is 2.33. The van der Waals surface area contributed by atoms with E-state index in [9.17, 15) is 4.79 Å². The molecule has 0 radical (unpaired) electrons. The molecule has 3 heterocycles. The lowest BCUT2D eigenvalue weighted by atomic mass is 9.91. The highest BCUT2D eigenvalue weighted by atomic mass is 16.4. The highest BCUT2D eigenvalue weighted by Crippen LogP contribution is 2.30. The molecule has 1 aliphatic heterocycles. The predicted molar refractivity (Wildman–Crippen MR) is 85.5 cm³/mol. The average molecular weight is 314 g/mol. The van der Waals surface area contributed by atoms with Crippen LogP contribution in [0.5, 0.6) is 0 Å². The third-order valence-corrected chi connectivity index (χ3v) is 4.05. The molecule has 0 saturated carbocycles. The van der Waals surface area contributed by atoms with Crippen molar-refractivity contribution < 1.29 is 9.21 Å². The summed E-state index contributed by atoms with van der Waals surface area (Å²) in [5.41, 5.74) is 0.446. The highest BCUT2D eigenvalue weighted by molar-refractivity contribution is 5.81. The molecule has 3 rings (SSSR count). The van der Waals surface area contributed by atoms with Crippen molar-refractivity contribution >= 4 is 5.91 Å². The van der Waals surface area contributed by atoms with E-state index in [1.165, 1.54) is 0 Å². The molecule has 2 aromatic heterocycles. The molecule has 1 aliphatic rings. The van der Waals surface area contributed by atoms with Crippen molar-refractivity contribution in [2.24, 2.45) is 5.41 Å². The minimum atomic E-state index is -0.363. The molecule has 1 fully saturated rings. The van der Waals surface area contributed by atoms with Gasteiger partial charge in [-0.1, -0.05) is 20.8 Å². The normalized spacial score (nSPS) is 18.9. The van der Waals surface area contributed by atoms with Gasteiger partial charge in [-0.3, -0.25) is 9.78 Å². The Morgan fingerprint density at radius 1 is 1.35 bits per heavy atom. The van der Waals surface area contributed by atoms with Gasteiger partial charge in [-0.2, -0.15) is 0 Å². The number of aromatic nitrogens is 3. The first-order chi connectivity index (χ1) is 10.9. The minimum absolute atomic E-state index is 0.105. The van der Waals surface area contributed by atoms with Crippen molar-refractivity contribution in [3.8, 4) is 11.5 Å². The number of carbonyl (C=O) groups excluding carboxylic acids is 1. The van der Waals surface area contributed by atoms with Crippen LogP contribution in [0.4, 0.5) is 0 Å². The number of carbonyl (C=O) groups is 1. The topological polar surface area (TPSA) is 72.1 Å². The van der Waals surface area contributed by atoms with E-state index >= 15 is 0 Å². The lowest BCUT2D eigenvalue weighted by Crippen LogP contribution is -2.44. The summed E-state index contributed by atoms with van der Waals surface area (Å²) in [4.78, 5) is 18.5. The van der Waals surface area contributed by atoms with Crippen molar-refractivity contribution in [1.29, 1.82) is 0 Å². The van der Waals surface area contributed by atoms with Gasteiger partial charge in [-0.15, -0.1) is 10.2 Å². The Balaban J connectivity index is 1.75. The summed E-state index contributed by atoms with van der Waals surface area (Å²) in [5, 5.41) is 8.31. The summed E-state index contributed by atoms with van der Waals surface area (Å²) in [7, 11) is 0. The molecule has 1 saturated heterocycles. The first-order valence-corrected chi connectivity index (χ1v) is 7.98. The molecule has 0 spiro atoms. The van der Waals surface area contributed by atoms with Gasteiger partial charge in [0.15, 0.2) is 0 Å². The van der Waals surface area contributed by atoms with Gasteiger partial charge in [0.05, 0.1) is 11.5 Å². The molecule has 6 nitrogen and oxygen atoms in total. The zero-order valence-corrected chi connectivity index (χ0v) is 13.8. The lowest BCUT2D eigenvalue weighted by molar-refractivity contribution is -0.140. The quantitative estimate of drug-likeness (QED) is 0.852. The van der Waals surface area contributed by atoms with Crippen molar-refractivity contribution in [3.63, 3.8) is 0 Å². The third kappa shape index (κ3) is 3.41. The van der Waals surface area contributed by atoms with Gasteiger partial charge in [0.2, 0.25) is 17.7 Å². The zero-order chi connectivity index (χ0) is 16.4. The number of amides is 1. The van der Waals surface area contributed by atoms with E-state index in [4.69, 9.17) is 4.42 Å². The van der Waals surface area contributed by atoms with E-state index < -0.39 is 0 Å². The van der Waals surface area contributed by atoms with E-state index in [1.54, 1.807) is 12.4 Å². The number of nitrogens with zero attached hydrogens (tertiary/aromatic N) is 4. The molecule has 0 aliphatic carbocycles. The Hall–Kier alpha value is -2.24. The van der Waals surface area contributed by atoms with Crippen molar-refractivity contribution in [1.82, 2.24) is 20.1 Å². The van der Waals surface area contributed by atoms with Gasteiger partial charge in [0.25, 0.3) is 0 Å². The van der Waals surface area contributed by atoms with Crippen LogP contribution in [-0.2, 0) is 4.79 Å². The van der Waals surface area contributed by atoms with Crippen LogP contribution in [0.15, 0.2) is 28.9 Å². The first kappa shape index (κ1) is 15.6. The summed E-state index contributed by atoms with van der Waals surface area (Å²) in [6.45, 7) is 7.30. The Morgan fingerprint density at radius 2 is 2.17 bits per heavy atom. The summed E-state index contributed by atoms with van der Waals surface area (Å²) in [5.74, 6) is 1.37. The Labute approximate surface area is 135 Å². The predicted octanol–water partition coefficient (Wildman–Crippen LogP) is 2.88. The second-order valence-corrected chi connectivity index (χ2v) is 7.03. The maximum Gasteiger partial charge on any atom is 0.249 e. The Morgan fingerprint density at radius 3 is 2.87 bits per heavy atom. The van der Waals surface area contributed by atoms with Crippen LogP contribution in [0, 0.1) is 5.41 Å². The van der Waals surface area contributed by atoms with Crippen LogP contribution in [0.3, 0.4) is 0 Å². The average Bonchev–Trinajstić information content (AvgIpc) is 3.04. The van der Waals surface area contributed by atoms with Gasteiger partial charge in [0, 0.05) is 30.9 Å². The Bertz CT molecular complexity index is 675. The number of pyridine rings is 1. The maximum atomic E-state index is 12.5. The van der Waals surface area contributed by atoms with E-state index in [-0.39, 0.29) is 17.2 Å². The van der Waals surface area contributed by atoms with Crippen LogP contribution in [0.1, 0.15) is 45.4 Å². The molecular formula is C17H22N4O2. The molecule has 0 bridgehead atoms. The van der Waals surface area contributed by atoms with Crippen LogP contribution in [0.2, 0.25) is 0 Å². The molecule has 2 aromatic rings. The largest absolute Gasteiger partial charge is 0.420 e. The molecule has 122 valence electrons. The number of rotatable bonds is 2. The van der Waals surface area contributed by atoms with Crippen LogP contribution in [0.25, 0.3) is 11.5 Å². The SMILES string of the molecule is CC(C)(C)C(=O)N1CCC[C@H](c2nnc(-c3cccnc3)o2)C1. The molecule has 0 N–H and O–H groups in total. The lowest BCUT2D eigenvalue weighted by Gasteiger charge is -2.35. The van der Waals surface area contributed by atoms with Crippen molar-refractivity contribution in [2.45, 2.75) is 39.5 Å². The monoisotopic (exact) mass is 314 g/mol. The summed E-state index contributed by atoms with van der Waals surface area (Å²) in [6.07, 6.45) is 5.32. The zero-order valence-electron chi connectivity index (χ0n) is 13.8. The fourth-order valence-electron chi connectivity index (χ4n) is 2.84. The van der Waals surface area contributed by atoms with Gasteiger partial charge < -0.3 is 9.32 Å². The second-order valence-electron chi connectivity index (χ2n) is 7.03. The molecule has 0 unspecified atom stereocenters. The molecule has 1 amide bonds. The van der Waals surface area contributed by atoms with Crippen LogP contribution in [-0.4, -0.2) is 39.1 Å². The number of hydrogen-bond acceptors (Lipinski definition) is 5. The fourth-order valence-corrected chi connectivity index (χ4v) is 2.84.